The number of esters is 1. The number of fused-ring (bicyclic) bond motifs is 1. The molecular weight excluding hydrogens is 508 g/mol. The van der Waals surface area contributed by atoms with Gasteiger partial charge in [0.2, 0.25) is 10.0 Å². The van der Waals surface area contributed by atoms with Crippen LogP contribution >= 0.6 is 0 Å². The molecule has 4 rings (SSSR count). The number of ether oxygens (including phenoxy) is 3. The lowest BCUT2D eigenvalue weighted by Crippen LogP contribution is -2.43. The summed E-state index contributed by atoms with van der Waals surface area (Å²) in [6.45, 7) is -12.4. The first-order valence-corrected chi connectivity index (χ1v) is 13.7. The van der Waals surface area contributed by atoms with Gasteiger partial charge >= 0.3 is 5.97 Å². The predicted molar refractivity (Wildman–Crippen MR) is 142 cm³/mol. The predicted octanol–water partition coefficient (Wildman–Crippen LogP) is 2.83. The monoisotopic (exact) mass is 555 g/mol. The summed E-state index contributed by atoms with van der Waals surface area (Å²) in [6, 6.07) is 12.9. The van der Waals surface area contributed by atoms with Crippen molar-refractivity contribution >= 4 is 21.7 Å². The van der Waals surface area contributed by atoms with Crippen LogP contribution in [0.2, 0.25) is 0 Å². The van der Waals surface area contributed by atoms with E-state index in [0.717, 1.165) is 12.1 Å². The van der Waals surface area contributed by atoms with Gasteiger partial charge in [0.1, 0.15) is 6.10 Å². The van der Waals surface area contributed by atoms with Crippen LogP contribution in [0.1, 0.15) is 44.4 Å². The minimum atomic E-state index is -5.16. The smallest absolute Gasteiger partial charge is 0.306 e. The summed E-state index contributed by atoms with van der Waals surface area (Å²) >= 11 is 0. The van der Waals surface area contributed by atoms with Crippen LogP contribution in [0.25, 0.3) is 0 Å². The molecule has 2 aliphatic rings. The number of sulfonamides is 1. The molecule has 38 heavy (non-hydrogen) atoms. The quantitative estimate of drug-likeness (QED) is 0.302. The van der Waals surface area contributed by atoms with Crippen molar-refractivity contribution in [1.29, 1.82) is 0 Å². The van der Waals surface area contributed by atoms with Gasteiger partial charge in [-0.15, -0.1) is 0 Å². The highest BCUT2D eigenvalue weighted by molar-refractivity contribution is 7.89. The second-order valence-electron chi connectivity index (χ2n) is 9.37. The molecule has 9 nitrogen and oxygen atoms in total. The molecule has 0 bridgehead atoms. The Morgan fingerprint density at radius 2 is 1.97 bits per heavy atom. The van der Waals surface area contributed by atoms with Gasteiger partial charge in [-0.05, 0) is 48.6 Å². The molecule has 2 fully saturated rings. The fourth-order valence-electron chi connectivity index (χ4n) is 4.65. The molecule has 2 aliphatic heterocycles. The Balaban J connectivity index is 1.73. The maximum Gasteiger partial charge on any atom is 0.306 e. The molecule has 2 saturated heterocycles. The Hall–Kier alpha value is -2.50. The Morgan fingerprint density at radius 3 is 2.68 bits per heavy atom. The number of nitrogens with zero attached hydrogens (tertiary/aromatic N) is 1. The highest BCUT2D eigenvalue weighted by atomic mass is 32.2. The summed E-state index contributed by atoms with van der Waals surface area (Å²) in [6.07, 6.45) is -2.92. The van der Waals surface area contributed by atoms with Gasteiger partial charge in [-0.3, -0.25) is 4.79 Å². The average Bonchev–Trinajstić information content (AvgIpc) is 3.59. The van der Waals surface area contributed by atoms with Gasteiger partial charge in [0.15, 0.2) is 6.29 Å². The van der Waals surface area contributed by atoms with Crippen LogP contribution < -0.4 is 5.73 Å². The third kappa shape index (κ3) is 7.12. The Bertz CT molecular complexity index is 1480. The number of rotatable bonds is 12. The van der Waals surface area contributed by atoms with Crippen LogP contribution in [0.3, 0.4) is 0 Å². The molecule has 208 valence electrons. The number of aliphatic hydroxyl groups is 1. The molecular formula is C28H38N2O7S. The molecule has 0 spiro atoms. The molecule has 5 atom stereocenters. The number of hydrogen-bond acceptors (Lipinski definition) is 8. The van der Waals surface area contributed by atoms with Crippen LogP contribution in [0, 0.1) is 17.7 Å². The molecule has 0 unspecified atom stereocenters. The zero-order valence-electron chi connectivity index (χ0n) is 29.7. The molecule has 0 amide bonds. The van der Waals surface area contributed by atoms with Gasteiger partial charge < -0.3 is 25.1 Å². The SMILES string of the molecule is [2H]C([2H])([2H])C([2H])(C([2H])([2H])[2H])C([2H])([2H])N(C[C@@H](O)[C@@H](CC(=O)O[C@H]1CO[C@H]2OCC[C@H]21)Cc1ccccc1)S(=O)(=O)c1ccc(N)cc1. The van der Waals surface area contributed by atoms with E-state index in [1.54, 1.807) is 30.3 Å². The fourth-order valence-corrected chi connectivity index (χ4v) is 5.95. The largest absolute Gasteiger partial charge is 0.459 e. The molecule has 0 saturated carbocycles. The third-order valence-electron chi connectivity index (χ3n) is 6.64. The molecule has 2 aromatic rings. The van der Waals surface area contributed by atoms with Gasteiger partial charge in [0, 0.05) is 37.0 Å². The zero-order valence-corrected chi connectivity index (χ0v) is 21.5. The maximum absolute atomic E-state index is 14.0. The van der Waals surface area contributed by atoms with Gasteiger partial charge in [-0.1, -0.05) is 44.0 Å². The Morgan fingerprint density at radius 1 is 1.24 bits per heavy atom. The first kappa shape index (κ1) is 18.7. The van der Waals surface area contributed by atoms with Crippen molar-refractivity contribution < 1.29 is 44.9 Å². The van der Waals surface area contributed by atoms with Crippen LogP contribution in [-0.4, -0.2) is 68.6 Å². The standard InChI is InChI=1S/C28H38N2O7S/c1-19(2)16-30(38(33,34)23-10-8-22(29)9-11-23)17-25(31)21(14-20-6-4-3-5-7-20)15-27(32)37-26-18-36-28-24(26)12-13-35-28/h3-11,19,21,24-26,28,31H,12-18,29H2,1-2H3/t21-,24+,25-,26+,28-/m1/s1/i1D3,2D3,16D2,19D. The van der Waals surface area contributed by atoms with Crippen LogP contribution in [-0.2, 0) is 35.4 Å². The van der Waals surface area contributed by atoms with Gasteiger partial charge in [-0.25, -0.2) is 8.42 Å². The molecule has 2 heterocycles. The van der Waals surface area contributed by atoms with Crippen molar-refractivity contribution in [2.45, 2.75) is 56.4 Å². The van der Waals surface area contributed by atoms with Gasteiger partial charge in [0.05, 0.1) is 36.6 Å². The summed E-state index contributed by atoms with van der Waals surface area (Å²) in [7, 11) is -5.16. The van der Waals surface area contributed by atoms with Crippen molar-refractivity contribution in [3.8, 4) is 0 Å². The molecule has 2 aromatic carbocycles. The van der Waals surface area contributed by atoms with Crippen molar-refractivity contribution in [2.75, 3.05) is 32.0 Å². The van der Waals surface area contributed by atoms with E-state index >= 15 is 0 Å². The van der Waals surface area contributed by atoms with E-state index in [2.05, 4.69) is 0 Å². The fraction of sp³-hybridized carbons (Fsp3) is 0.536. The highest BCUT2D eigenvalue weighted by Gasteiger charge is 2.44. The number of carbonyl (C=O) groups excluding carboxylic acids is 1. The number of nitrogens with two attached hydrogens (primary N) is 1. The lowest BCUT2D eigenvalue weighted by molar-refractivity contribution is -0.153. The first-order valence-electron chi connectivity index (χ1n) is 16.7. The summed E-state index contributed by atoms with van der Waals surface area (Å²) in [4.78, 5) is 12.6. The normalized spacial score (nSPS) is 27.7. The number of benzene rings is 2. The third-order valence-corrected chi connectivity index (χ3v) is 8.33. The summed E-state index contributed by atoms with van der Waals surface area (Å²) < 4.78 is 118. The number of hydrogen-bond donors (Lipinski definition) is 2. The van der Waals surface area contributed by atoms with Crippen molar-refractivity contribution in [1.82, 2.24) is 4.31 Å². The van der Waals surface area contributed by atoms with Crippen LogP contribution in [0.4, 0.5) is 5.69 Å². The summed E-state index contributed by atoms with van der Waals surface area (Å²) in [5, 5.41) is 11.6. The molecule has 0 aliphatic carbocycles. The molecule has 10 heteroatoms. The number of anilines is 1. The topological polar surface area (TPSA) is 128 Å². The van der Waals surface area contributed by atoms with E-state index in [4.69, 9.17) is 32.3 Å². The number of nitrogen functional groups attached to an aromatic ring is 1. The summed E-state index contributed by atoms with van der Waals surface area (Å²) in [5.41, 5.74) is 6.44. The van der Waals surface area contributed by atoms with Crippen molar-refractivity contribution in [3.63, 3.8) is 0 Å². The highest BCUT2D eigenvalue weighted by Crippen LogP contribution is 2.33. The lowest BCUT2D eigenvalue weighted by atomic mass is 9.90. The molecule has 0 radical (unpaired) electrons. The number of aliphatic hydroxyl groups excluding tert-OH is 1. The van der Waals surface area contributed by atoms with Crippen molar-refractivity contribution in [2.24, 2.45) is 17.7 Å². The van der Waals surface area contributed by atoms with E-state index in [9.17, 15) is 18.3 Å². The van der Waals surface area contributed by atoms with E-state index < -0.39 is 84.4 Å². The molecule has 0 aromatic heterocycles. The Labute approximate surface area is 237 Å². The van der Waals surface area contributed by atoms with E-state index in [-0.39, 0.29) is 28.9 Å². The lowest BCUT2D eigenvalue weighted by Gasteiger charge is -2.30. The van der Waals surface area contributed by atoms with Gasteiger partial charge in [0.25, 0.3) is 0 Å². The maximum atomic E-state index is 14.0. The van der Waals surface area contributed by atoms with E-state index in [0.29, 0.717) is 18.6 Å². The van der Waals surface area contributed by atoms with Gasteiger partial charge in [-0.2, -0.15) is 4.31 Å². The van der Waals surface area contributed by atoms with Crippen LogP contribution in [0.15, 0.2) is 59.5 Å². The van der Waals surface area contributed by atoms with E-state index in [1.165, 1.54) is 12.1 Å². The molecule has 3 N–H and O–H groups in total. The van der Waals surface area contributed by atoms with E-state index in [1.807, 2.05) is 0 Å². The summed E-state index contributed by atoms with van der Waals surface area (Å²) in [5.74, 6) is -6.11. The van der Waals surface area contributed by atoms with Crippen molar-refractivity contribution in [3.05, 3.63) is 60.2 Å². The number of carbonyl (C=O) groups is 1. The zero-order chi connectivity index (χ0) is 35.0. The minimum Gasteiger partial charge on any atom is -0.459 e. The average molecular weight is 556 g/mol. The minimum absolute atomic E-state index is 0.0310. The second kappa shape index (κ2) is 12.6. The second-order valence-corrected chi connectivity index (χ2v) is 11.2. The Kier molecular flexibility index (Phi) is 6.19. The van der Waals surface area contributed by atoms with Crippen LogP contribution in [0.5, 0.6) is 0 Å². The first-order chi connectivity index (χ1) is 21.7.